The van der Waals surface area contributed by atoms with Crippen LogP contribution in [0.5, 0.6) is 0 Å². The Morgan fingerprint density at radius 1 is 1.22 bits per heavy atom. The SMILES string of the molecule is CCOC1CC(NC(=NC)N2CCN(c3ncccn3)CC2)C12CCCC2. The lowest BCUT2D eigenvalue weighted by Crippen LogP contribution is -2.66. The van der Waals surface area contributed by atoms with Gasteiger partial charge >= 0.3 is 0 Å². The number of guanidine groups is 1. The Morgan fingerprint density at radius 3 is 2.56 bits per heavy atom. The number of anilines is 1. The highest BCUT2D eigenvalue weighted by molar-refractivity contribution is 5.80. The van der Waals surface area contributed by atoms with Gasteiger partial charge in [-0.2, -0.15) is 0 Å². The molecule has 2 aliphatic carbocycles. The second-order valence-corrected chi connectivity index (χ2v) is 7.89. The predicted molar refractivity (Wildman–Crippen MR) is 107 cm³/mol. The van der Waals surface area contributed by atoms with Crippen LogP contribution in [0.4, 0.5) is 5.95 Å². The van der Waals surface area contributed by atoms with Crippen molar-refractivity contribution in [3.05, 3.63) is 18.5 Å². The highest BCUT2D eigenvalue weighted by Crippen LogP contribution is 2.54. The number of nitrogens with zero attached hydrogens (tertiary/aromatic N) is 5. The number of ether oxygens (including phenoxy) is 1. The minimum atomic E-state index is 0.325. The molecule has 0 radical (unpaired) electrons. The van der Waals surface area contributed by atoms with E-state index in [1.54, 1.807) is 0 Å². The van der Waals surface area contributed by atoms with Gasteiger partial charge in [0.2, 0.25) is 5.95 Å². The minimum Gasteiger partial charge on any atom is -0.378 e. The zero-order valence-electron chi connectivity index (χ0n) is 16.6. The first-order chi connectivity index (χ1) is 13.3. The van der Waals surface area contributed by atoms with Crippen molar-refractivity contribution in [1.82, 2.24) is 20.2 Å². The van der Waals surface area contributed by atoms with Crippen LogP contribution in [-0.2, 0) is 4.74 Å². The quantitative estimate of drug-likeness (QED) is 0.643. The zero-order chi connectivity index (χ0) is 18.7. The van der Waals surface area contributed by atoms with E-state index in [9.17, 15) is 0 Å². The third kappa shape index (κ3) is 3.49. The van der Waals surface area contributed by atoms with Gasteiger partial charge in [-0.05, 0) is 32.3 Å². The van der Waals surface area contributed by atoms with Crippen molar-refractivity contribution in [2.24, 2.45) is 10.4 Å². The molecule has 7 heteroatoms. The van der Waals surface area contributed by atoms with Gasteiger partial charge in [-0.25, -0.2) is 9.97 Å². The van der Waals surface area contributed by atoms with E-state index < -0.39 is 0 Å². The molecule has 0 amide bonds. The molecule has 4 rings (SSSR count). The second-order valence-electron chi connectivity index (χ2n) is 7.89. The van der Waals surface area contributed by atoms with Crippen molar-refractivity contribution in [2.45, 2.75) is 51.2 Å². The first-order valence-corrected chi connectivity index (χ1v) is 10.4. The number of aromatic nitrogens is 2. The van der Waals surface area contributed by atoms with Gasteiger partial charge in [0.05, 0.1) is 6.10 Å². The molecular weight excluding hydrogens is 340 g/mol. The van der Waals surface area contributed by atoms with Crippen LogP contribution in [0.25, 0.3) is 0 Å². The average Bonchev–Trinajstić information content (AvgIpc) is 3.24. The summed E-state index contributed by atoms with van der Waals surface area (Å²) in [6.45, 7) is 6.64. The maximum absolute atomic E-state index is 6.06. The van der Waals surface area contributed by atoms with Gasteiger partial charge in [-0.15, -0.1) is 0 Å². The first kappa shape index (κ1) is 18.5. The molecule has 2 heterocycles. The molecule has 1 aromatic heterocycles. The summed E-state index contributed by atoms with van der Waals surface area (Å²) >= 11 is 0. The van der Waals surface area contributed by atoms with Gasteiger partial charge in [0, 0.05) is 63.7 Å². The molecule has 7 nitrogen and oxygen atoms in total. The fourth-order valence-electron chi connectivity index (χ4n) is 5.11. The molecule has 1 saturated heterocycles. The summed E-state index contributed by atoms with van der Waals surface area (Å²) in [5, 5.41) is 3.79. The third-order valence-corrected chi connectivity index (χ3v) is 6.62. The molecule has 1 spiro atoms. The van der Waals surface area contributed by atoms with Crippen LogP contribution in [0.3, 0.4) is 0 Å². The number of hydrogen-bond acceptors (Lipinski definition) is 5. The predicted octanol–water partition coefficient (Wildman–Crippen LogP) is 1.91. The minimum absolute atomic E-state index is 0.325. The highest BCUT2D eigenvalue weighted by atomic mass is 16.5. The molecule has 2 saturated carbocycles. The number of piperazine rings is 1. The average molecular weight is 373 g/mol. The lowest BCUT2D eigenvalue weighted by molar-refractivity contribution is -0.126. The Morgan fingerprint density at radius 2 is 1.93 bits per heavy atom. The summed E-state index contributed by atoms with van der Waals surface area (Å²) < 4.78 is 6.06. The molecule has 27 heavy (non-hydrogen) atoms. The van der Waals surface area contributed by atoms with Crippen molar-refractivity contribution < 1.29 is 4.74 Å². The number of hydrogen-bond donors (Lipinski definition) is 1. The van der Waals surface area contributed by atoms with Crippen LogP contribution in [0.15, 0.2) is 23.5 Å². The van der Waals surface area contributed by atoms with Crippen LogP contribution in [0.2, 0.25) is 0 Å². The van der Waals surface area contributed by atoms with E-state index in [1.165, 1.54) is 25.7 Å². The van der Waals surface area contributed by atoms with Crippen molar-refractivity contribution in [2.75, 3.05) is 44.7 Å². The van der Waals surface area contributed by atoms with Crippen molar-refractivity contribution in [3.8, 4) is 0 Å². The van der Waals surface area contributed by atoms with Gasteiger partial charge in [0.1, 0.15) is 0 Å². The van der Waals surface area contributed by atoms with E-state index in [0.29, 0.717) is 17.6 Å². The fraction of sp³-hybridized carbons (Fsp3) is 0.750. The van der Waals surface area contributed by atoms with E-state index in [1.807, 2.05) is 25.5 Å². The first-order valence-electron chi connectivity index (χ1n) is 10.4. The summed E-state index contributed by atoms with van der Waals surface area (Å²) in [5.74, 6) is 1.86. The molecule has 2 unspecified atom stereocenters. The molecular formula is C20H32N6O. The zero-order valence-corrected chi connectivity index (χ0v) is 16.6. The lowest BCUT2D eigenvalue weighted by Gasteiger charge is -2.55. The molecule has 148 valence electrons. The Labute approximate surface area is 162 Å². The van der Waals surface area contributed by atoms with Crippen molar-refractivity contribution in [3.63, 3.8) is 0 Å². The molecule has 1 aromatic rings. The molecule has 0 aromatic carbocycles. The van der Waals surface area contributed by atoms with Gasteiger partial charge in [-0.3, -0.25) is 4.99 Å². The van der Waals surface area contributed by atoms with E-state index in [2.05, 4.69) is 37.0 Å². The van der Waals surface area contributed by atoms with Crippen LogP contribution in [0, 0.1) is 5.41 Å². The van der Waals surface area contributed by atoms with E-state index >= 15 is 0 Å². The van der Waals surface area contributed by atoms with Crippen LogP contribution in [-0.4, -0.2) is 72.8 Å². The molecule has 3 fully saturated rings. The molecule has 0 bridgehead atoms. The van der Waals surface area contributed by atoms with E-state index in [4.69, 9.17) is 4.74 Å². The van der Waals surface area contributed by atoms with Gasteiger partial charge in [0.25, 0.3) is 0 Å². The topological polar surface area (TPSA) is 65.9 Å². The smallest absolute Gasteiger partial charge is 0.225 e. The molecule has 1 N–H and O–H groups in total. The van der Waals surface area contributed by atoms with Crippen LogP contribution < -0.4 is 10.2 Å². The van der Waals surface area contributed by atoms with E-state index in [0.717, 1.165) is 51.1 Å². The van der Waals surface area contributed by atoms with E-state index in [-0.39, 0.29) is 0 Å². The van der Waals surface area contributed by atoms with Gasteiger partial charge in [-0.1, -0.05) is 12.8 Å². The molecule has 2 atom stereocenters. The maximum atomic E-state index is 6.06. The second kappa shape index (κ2) is 8.00. The maximum Gasteiger partial charge on any atom is 0.225 e. The Bertz CT molecular complexity index is 637. The highest BCUT2D eigenvalue weighted by Gasteiger charge is 2.57. The Balaban J connectivity index is 1.35. The Hall–Kier alpha value is -1.89. The molecule has 1 aliphatic heterocycles. The normalized spacial score (nSPS) is 27.7. The third-order valence-electron chi connectivity index (χ3n) is 6.62. The lowest BCUT2D eigenvalue weighted by atomic mass is 9.60. The van der Waals surface area contributed by atoms with Gasteiger partial charge in [0.15, 0.2) is 5.96 Å². The largest absolute Gasteiger partial charge is 0.378 e. The summed E-state index contributed by atoms with van der Waals surface area (Å²) in [5.41, 5.74) is 0.325. The summed E-state index contributed by atoms with van der Waals surface area (Å²) in [7, 11) is 1.90. The van der Waals surface area contributed by atoms with Crippen LogP contribution >= 0.6 is 0 Å². The summed E-state index contributed by atoms with van der Waals surface area (Å²) in [6.07, 6.45) is 10.4. The number of aliphatic imine (C=N–C) groups is 1. The number of nitrogens with one attached hydrogen (secondary N) is 1. The fourth-order valence-corrected chi connectivity index (χ4v) is 5.11. The summed E-state index contributed by atoms with van der Waals surface area (Å²) in [6, 6.07) is 2.35. The standard InChI is InChI=1S/C20H32N6O/c1-3-27-17-15-16(20(17)7-4-5-8-20)24-18(21-2)25-11-13-26(14-12-25)19-22-9-6-10-23-19/h6,9-10,16-17H,3-5,7-8,11-15H2,1-2H3,(H,21,24). The van der Waals surface area contributed by atoms with Crippen molar-refractivity contribution >= 4 is 11.9 Å². The molecule has 3 aliphatic rings. The monoisotopic (exact) mass is 372 g/mol. The number of rotatable bonds is 4. The summed E-state index contributed by atoms with van der Waals surface area (Å²) in [4.78, 5) is 18.0. The van der Waals surface area contributed by atoms with Gasteiger partial charge < -0.3 is 19.9 Å². The Kier molecular flexibility index (Phi) is 5.48. The van der Waals surface area contributed by atoms with Crippen LogP contribution in [0.1, 0.15) is 39.0 Å². The van der Waals surface area contributed by atoms with Crippen molar-refractivity contribution in [1.29, 1.82) is 0 Å².